The lowest BCUT2D eigenvalue weighted by Crippen LogP contribution is -2.54. The van der Waals surface area contributed by atoms with Gasteiger partial charge in [-0.2, -0.15) is 0 Å². The summed E-state index contributed by atoms with van der Waals surface area (Å²) >= 11 is 0. The number of aliphatic carboxylic acids is 1. The van der Waals surface area contributed by atoms with Crippen LogP contribution in [-0.2, 0) is 4.79 Å². The molecule has 2 rings (SSSR count). The summed E-state index contributed by atoms with van der Waals surface area (Å²) in [5.41, 5.74) is -0.793. The predicted octanol–water partition coefficient (Wildman–Crippen LogP) is 1.58. The van der Waals surface area contributed by atoms with Gasteiger partial charge in [-0.3, -0.25) is 4.79 Å². The van der Waals surface area contributed by atoms with Gasteiger partial charge in [-0.15, -0.1) is 0 Å². The summed E-state index contributed by atoms with van der Waals surface area (Å²) in [5, 5.41) is 21.9. The van der Waals surface area contributed by atoms with Crippen molar-refractivity contribution in [2.45, 2.75) is 64.0 Å². The number of nitrogens with one attached hydrogen (secondary N) is 1. The van der Waals surface area contributed by atoms with Crippen molar-refractivity contribution >= 4 is 12.0 Å². The van der Waals surface area contributed by atoms with Crippen LogP contribution in [0.25, 0.3) is 0 Å². The SMILES string of the molecule is CCC1(C(=O)O)CCCN(C(=O)NC2CCC(O)CC2)C1. The number of urea groups is 1. The van der Waals surface area contributed by atoms with Gasteiger partial charge in [-0.25, -0.2) is 4.79 Å². The van der Waals surface area contributed by atoms with Crippen LogP contribution in [0.1, 0.15) is 51.9 Å². The van der Waals surface area contributed by atoms with E-state index in [0.29, 0.717) is 25.9 Å². The molecule has 2 fully saturated rings. The molecular formula is C15H26N2O4. The van der Waals surface area contributed by atoms with Crippen LogP contribution < -0.4 is 5.32 Å². The molecule has 21 heavy (non-hydrogen) atoms. The monoisotopic (exact) mass is 298 g/mol. The zero-order chi connectivity index (χ0) is 15.5. The van der Waals surface area contributed by atoms with Crippen LogP contribution in [0.3, 0.4) is 0 Å². The van der Waals surface area contributed by atoms with Gasteiger partial charge in [0.05, 0.1) is 11.5 Å². The van der Waals surface area contributed by atoms with E-state index in [2.05, 4.69) is 5.32 Å². The van der Waals surface area contributed by atoms with Crippen molar-refractivity contribution in [1.82, 2.24) is 10.2 Å². The van der Waals surface area contributed by atoms with Crippen molar-refractivity contribution in [1.29, 1.82) is 0 Å². The van der Waals surface area contributed by atoms with E-state index in [1.807, 2.05) is 6.92 Å². The Morgan fingerprint density at radius 2 is 1.95 bits per heavy atom. The van der Waals surface area contributed by atoms with Gasteiger partial charge in [-0.1, -0.05) is 6.92 Å². The molecule has 3 N–H and O–H groups in total. The van der Waals surface area contributed by atoms with Gasteiger partial charge in [0.15, 0.2) is 0 Å². The third-order valence-corrected chi connectivity index (χ3v) is 5.02. The van der Waals surface area contributed by atoms with E-state index in [0.717, 1.165) is 32.1 Å². The first kappa shape index (κ1) is 16.1. The van der Waals surface area contributed by atoms with E-state index in [1.54, 1.807) is 4.90 Å². The van der Waals surface area contributed by atoms with Gasteiger partial charge in [0.2, 0.25) is 0 Å². The molecule has 1 aliphatic heterocycles. The molecule has 1 saturated heterocycles. The van der Waals surface area contributed by atoms with E-state index in [1.165, 1.54) is 0 Å². The van der Waals surface area contributed by atoms with Crippen molar-refractivity contribution in [2.24, 2.45) is 5.41 Å². The molecule has 1 unspecified atom stereocenters. The Balaban J connectivity index is 1.91. The normalized spacial score (nSPS) is 33.5. The van der Waals surface area contributed by atoms with Gasteiger partial charge < -0.3 is 20.4 Å². The van der Waals surface area contributed by atoms with Crippen molar-refractivity contribution in [3.8, 4) is 0 Å². The molecule has 0 bridgehead atoms. The van der Waals surface area contributed by atoms with E-state index in [-0.39, 0.29) is 18.2 Å². The van der Waals surface area contributed by atoms with Crippen LogP contribution in [0.15, 0.2) is 0 Å². The summed E-state index contributed by atoms with van der Waals surface area (Å²) in [7, 11) is 0. The molecule has 1 atom stereocenters. The quantitative estimate of drug-likeness (QED) is 0.738. The lowest BCUT2D eigenvalue weighted by atomic mass is 9.78. The number of carbonyl (C=O) groups excluding carboxylic acids is 1. The first-order valence-electron chi connectivity index (χ1n) is 7.94. The van der Waals surface area contributed by atoms with E-state index < -0.39 is 11.4 Å². The second kappa shape index (κ2) is 6.64. The highest BCUT2D eigenvalue weighted by molar-refractivity contribution is 5.79. The fraction of sp³-hybridized carbons (Fsp3) is 0.867. The number of likely N-dealkylation sites (tertiary alicyclic amines) is 1. The third kappa shape index (κ3) is 3.67. The highest BCUT2D eigenvalue weighted by Crippen LogP contribution is 2.33. The summed E-state index contributed by atoms with van der Waals surface area (Å²) in [6.07, 6.45) is 4.69. The van der Waals surface area contributed by atoms with Crippen molar-refractivity contribution in [3.05, 3.63) is 0 Å². The highest BCUT2D eigenvalue weighted by Gasteiger charge is 2.42. The molecule has 120 valence electrons. The minimum Gasteiger partial charge on any atom is -0.481 e. The number of carboxylic acid groups (broad SMARTS) is 1. The van der Waals surface area contributed by atoms with Crippen LogP contribution in [0.2, 0.25) is 0 Å². The number of aliphatic hydroxyl groups is 1. The maximum Gasteiger partial charge on any atom is 0.317 e. The van der Waals surface area contributed by atoms with E-state index >= 15 is 0 Å². The van der Waals surface area contributed by atoms with Crippen LogP contribution in [0.4, 0.5) is 4.79 Å². The van der Waals surface area contributed by atoms with Crippen LogP contribution in [0.5, 0.6) is 0 Å². The highest BCUT2D eigenvalue weighted by atomic mass is 16.4. The fourth-order valence-corrected chi connectivity index (χ4v) is 3.41. The number of rotatable bonds is 3. The third-order valence-electron chi connectivity index (χ3n) is 5.02. The molecule has 0 aromatic heterocycles. The number of aliphatic hydroxyl groups excluding tert-OH is 1. The molecule has 1 heterocycles. The van der Waals surface area contributed by atoms with Gasteiger partial charge in [0, 0.05) is 19.1 Å². The van der Waals surface area contributed by atoms with Gasteiger partial charge >= 0.3 is 12.0 Å². The van der Waals surface area contributed by atoms with E-state index in [9.17, 15) is 19.8 Å². The predicted molar refractivity (Wildman–Crippen MR) is 78.0 cm³/mol. The summed E-state index contributed by atoms with van der Waals surface area (Å²) in [6.45, 7) is 2.79. The summed E-state index contributed by atoms with van der Waals surface area (Å²) in [5.74, 6) is -0.803. The standard InChI is InChI=1S/C15H26N2O4/c1-2-15(13(19)20)8-3-9-17(10-15)14(21)16-11-4-6-12(18)7-5-11/h11-12,18H,2-10H2,1H3,(H,16,21)(H,19,20). The Morgan fingerprint density at radius 3 is 2.52 bits per heavy atom. The number of nitrogens with zero attached hydrogens (tertiary/aromatic N) is 1. The first-order valence-corrected chi connectivity index (χ1v) is 7.94. The number of hydrogen-bond acceptors (Lipinski definition) is 3. The lowest BCUT2D eigenvalue weighted by molar-refractivity contribution is -0.152. The Bertz CT molecular complexity index is 393. The molecule has 6 heteroatoms. The minimum atomic E-state index is -0.803. The van der Waals surface area contributed by atoms with E-state index in [4.69, 9.17) is 0 Å². The number of carboxylic acids is 1. The summed E-state index contributed by atoms with van der Waals surface area (Å²) in [6, 6.07) is -0.0566. The van der Waals surface area contributed by atoms with Crippen molar-refractivity contribution < 1.29 is 19.8 Å². The molecule has 2 aliphatic rings. The molecule has 0 spiro atoms. The molecule has 1 saturated carbocycles. The Kier molecular flexibility index (Phi) is 5.08. The number of carbonyl (C=O) groups is 2. The second-order valence-electron chi connectivity index (χ2n) is 6.42. The topological polar surface area (TPSA) is 89.9 Å². The molecular weight excluding hydrogens is 272 g/mol. The second-order valence-corrected chi connectivity index (χ2v) is 6.42. The van der Waals surface area contributed by atoms with Gasteiger partial charge in [-0.05, 0) is 44.9 Å². The number of hydrogen-bond donors (Lipinski definition) is 3. The average molecular weight is 298 g/mol. The number of piperidine rings is 1. The lowest BCUT2D eigenvalue weighted by Gasteiger charge is -2.40. The Morgan fingerprint density at radius 1 is 1.29 bits per heavy atom. The van der Waals surface area contributed by atoms with Gasteiger partial charge in [0.1, 0.15) is 0 Å². The molecule has 6 nitrogen and oxygen atoms in total. The van der Waals surface area contributed by atoms with Crippen LogP contribution >= 0.6 is 0 Å². The van der Waals surface area contributed by atoms with Crippen molar-refractivity contribution in [3.63, 3.8) is 0 Å². The minimum absolute atomic E-state index is 0.101. The fourth-order valence-electron chi connectivity index (χ4n) is 3.41. The zero-order valence-electron chi connectivity index (χ0n) is 12.7. The Hall–Kier alpha value is -1.30. The average Bonchev–Trinajstić information content (AvgIpc) is 2.49. The maximum atomic E-state index is 12.3. The molecule has 1 aliphatic carbocycles. The summed E-state index contributed by atoms with van der Waals surface area (Å²) < 4.78 is 0. The number of amides is 2. The Labute approximate surface area is 125 Å². The molecule has 2 amide bonds. The molecule has 0 radical (unpaired) electrons. The largest absolute Gasteiger partial charge is 0.481 e. The van der Waals surface area contributed by atoms with Crippen LogP contribution in [0, 0.1) is 5.41 Å². The zero-order valence-corrected chi connectivity index (χ0v) is 12.7. The van der Waals surface area contributed by atoms with Gasteiger partial charge in [0.25, 0.3) is 0 Å². The first-order chi connectivity index (χ1) is 9.97. The van der Waals surface area contributed by atoms with Crippen LogP contribution in [-0.4, -0.2) is 52.3 Å². The molecule has 0 aromatic carbocycles. The molecule has 0 aromatic rings. The summed E-state index contributed by atoms with van der Waals surface area (Å²) in [4.78, 5) is 25.5. The maximum absolute atomic E-state index is 12.3. The smallest absolute Gasteiger partial charge is 0.317 e. The van der Waals surface area contributed by atoms with Crippen molar-refractivity contribution in [2.75, 3.05) is 13.1 Å².